The minimum atomic E-state index is -0.745. The molecule has 1 amide bonds. The smallest absolute Gasteiger partial charge is 0.223 e. The maximum atomic E-state index is 11.8. The highest BCUT2D eigenvalue weighted by molar-refractivity contribution is 7.10. The van der Waals surface area contributed by atoms with E-state index in [4.69, 9.17) is 0 Å². The third-order valence-corrected chi connectivity index (χ3v) is 4.00. The standard InChI is InChI=1S/C15H17NO2S/c1-11-7-8-19-14(11)10-16-15(18)9-13(17)12-5-3-2-4-6-12/h2-8,13,17H,9-10H2,1H3,(H,16,18). The zero-order valence-corrected chi connectivity index (χ0v) is 11.6. The number of benzene rings is 1. The molecule has 0 aliphatic heterocycles. The molecule has 1 unspecified atom stereocenters. The van der Waals surface area contributed by atoms with Crippen molar-refractivity contribution < 1.29 is 9.90 Å². The topological polar surface area (TPSA) is 49.3 Å². The highest BCUT2D eigenvalue weighted by Gasteiger charge is 2.12. The van der Waals surface area contributed by atoms with Gasteiger partial charge in [0.15, 0.2) is 0 Å². The molecular formula is C15H17NO2S. The quantitative estimate of drug-likeness (QED) is 0.881. The van der Waals surface area contributed by atoms with Crippen molar-refractivity contribution in [2.24, 2.45) is 0 Å². The summed E-state index contributed by atoms with van der Waals surface area (Å²) in [7, 11) is 0. The van der Waals surface area contributed by atoms with Crippen LogP contribution in [0.1, 0.15) is 28.5 Å². The number of hydrogen-bond donors (Lipinski definition) is 2. The van der Waals surface area contributed by atoms with Crippen molar-refractivity contribution >= 4 is 17.2 Å². The number of nitrogens with one attached hydrogen (secondary N) is 1. The van der Waals surface area contributed by atoms with Gasteiger partial charge in [0, 0.05) is 4.88 Å². The Balaban J connectivity index is 1.83. The molecule has 0 aliphatic rings. The summed E-state index contributed by atoms with van der Waals surface area (Å²) in [4.78, 5) is 12.9. The van der Waals surface area contributed by atoms with Crippen LogP contribution in [0.15, 0.2) is 41.8 Å². The second-order valence-corrected chi connectivity index (χ2v) is 5.43. The number of carbonyl (C=O) groups excluding carboxylic acids is 1. The summed E-state index contributed by atoms with van der Waals surface area (Å²) in [6.45, 7) is 2.56. The first-order valence-electron chi connectivity index (χ1n) is 6.19. The zero-order valence-electron chi connectivity index (χ0n) is 10.8. The van der Waals surface area contributed by atoms with Crippen LogP contribution in [0.4, 0.5) is 0 Å². The molecule has 0 spiro atoms. The molecule has 19 heavy (non-hydrogen) atoms. The van der Waals surface area contributed by atoms with Crippen molar-refractivity contribution in [2.45, 2.75) is 26.0 Å². The lowest BCUT2D eigenvalue weighted by molar-refractivity contribution is -0.123. The van der Waals surface area contributed by atoms with E-state index < -0.39 is 6.10 Å². The van der Waals surface area contributed by atoms with E-state index in [1.165, 1.54) is 5.56 Å². The van der Waals surface area contributed by atoms with Crippen LogP contribution < -0.4 is 5.32 Å². The molecular weight excluding hydrogens is 258 g/mol. The molecule has 2 rings (SSSR count). The predicted octanol–water partition coefficient (Wildman–Crippen LogP) is 2.80. The van der Waals surface area contributed by atoms with Gasteiger partial charge in [-0.05, 0) is 29.5 Å². The van der Waals surface area contributed by atoms with Crippen LogP contribution in [0.3, 0.4) is 0 Å². The van der Waals surface area contributed by atoms with Gasteiger partial charge in [0.1, 0.15) is 0 Å². The van der Waals surface area contributed by atoms with Crippen LogP contribution in [-0.4, -0.2) is 11.0 Å². The maximum absolute atomic E-state index is 11.8. The molecule has 1 aromatic carbocycles. The fourth-order valence-electron chi connectivity index (χ4n) is 1.80. The molecule has 1 aromatic heterocycles. The first kappa shape index (κ1) is 13.8. The molecule has 0 saturated heterocycles. The maximum Gasteiger partial charge on any atom is 0.223 e. The van der Waals surface area contributed by atoms with Gasteiger partial charge in [0.05, 0.1) is 19.1 Å². The summed E-state index contributed by atoms with van der Waals surface area (Å²) < 4.78 is 0. The zero-order chi connectivity index (χ0) is 13.7. The molecule has 1 heterocycles. The fourth-order valence-corrected chi connectivity index (χ4v) is 2.65. The monoisotopic (exact) mass is 275 g/mol. The third-order valence-electron chi connectivity index (χ3n) is 2.98. The normalized spacial score (nSPS) is 12.1. The van der Waals surface area contributed by atoms with Gasteiger partial charge in [0.2, 0.25) is 5.91 Å². The molecule has 4 heteroatoms. The van der Waals surface area contributed by atoms with Gasteiger partial charge in [0.25, 0.3) is 0 Å². The molecule has 100 valence electrons. The Bertz CT molecular complexity index is 536. The van der Waals surface area contributed by atoms with Crippen molar-refractivity contribution in [2.75, 3.05) is 0 Å². The van der Waals surface area contributed by atoms with E-state index >= 15 is 0 Å². The Labute approximate surface area is 116 Å². The summed E-state index contributed by atoms with van der Waals surface area (Å²) in [6, 6.07) is 11.3. The van der Waals surface area contributed by atoms with Gasteiger partial charge >= 0.3 is 0 Å². The number of rotatable bonds is 5. The number of aliphatic hydroxyl groups excluding tert-OH is 1. The predicted molar refractivity (Wildman–Crippen MR) is 76.9 cm³/mol. The summed E-state index contributed by atoms with van der Waals surface area (Å²) in [5.74, 6) is -0.135. The van der Waals surface area contributed by atoms with Gasteiger partial charge < -0.3 is 10.4 Å². The molecule has 2 N–H and O–H groups in total. The average Bonchev–Trinajstić information content (AvgIpc) is 2.83. The van der Waals surface area contributed by atoms with E-state index in [0.717, 1.165) is 10.4 Å². The number of hydrogen-bond acceptors (Lipinski definition) is 3. The van der Waals surface area contributed by atoms with E-state index in [2.05, 4.69) is 5.32 Å². The van der Waals surface area contributed by atoms with Gasteiger partial charge in [-0.25, -0.2) is 0 Å². The number of carbonyl (C=O) groups is 1. The van der Waals surface area contributed by atoms with Crippen LogP contribution in [0.2, 0.25) is 0 Å². The molecule has 0 aliphatic carbocycles. The van der Waals surface area contributed by atoms with Crippen LogP contribution in [0.5, 0.6) is 0 Å². The van der Waals surface area contributed by atoms with E-state index in [9.17, 15) is 9.90 Å². The van der Waals surface area contributed by atoms with E-state index in [1.807, 2.05) is 48.7 Å². The minimum Gasteiger partial charge on any atom is -0.388 e. The lowest BCUT2D eigenvalue weighted by Crippen LogP contribution is -2.24. The largest absolute Gasteiger partial charge is 0.388 e. The van der Waals surface area contributed by atoms with Crippen LogP contribution in [-0.2, 0) is 11.3 Å². The number of aliphatic hydroxyl groups is 1. The average molecular weight is 275 g/mol. The first-order valence-corrected chi connectivity index (χ1v) is 7.07. The van der Waals surface area contributed by atoms with Gasteiger partial charge in [-0.2, -0.15) is 0 Å². The molecule has 0 saturated carbocycles. The van der Waals surface area contributed by atoms with E-state index in [0.29, 0.717) is 6.54 Å². The van der Waals surface area contributed by atoms with Crippen molar-refractivity contribution in [3.63, 3.8) is 0 Å². The second-order valence-electron chi connectivity index (χ2n) is 4.43. The third kappa shape index (κ3) is 3.91. The van der Waals surface area contributed by atoms with E-state index in [-0.39, 0.29) is 12.3 Å². The lowest BCUT2D eigenvalue weighted by Gasteiger charge is -2.11. The Kier molecular flexibility index (Phi) is 4.71. The number of thiophene rings is 1. The summed E-state index contributed by atoms with van der Waals surface area (Å²) in [6.07, 6.45) is -0.653. The Morgan fingerprint density at radius 2 is 2.05 bits per heavy atom. The van der Waals surface area contributed by atoms with Crippen molar-refractivity contribution in [3.05, 3.63) is 57.8 Å². The van der Waals surface area contributed by atoms with Crippen LogP contribution in [0, 0.1) is 6.92 Å². The van der Waals surface area contributed by atoms with Crippen LogP contribution in [0.25, 0.3) is 0 Å². The Morgan fingerprint density at radius 3 is 2.68 bits per heavy atom. The van der Waals surface area contributed by atoms with Gasteiger partial charge in [-0.15, -0.1) is 11.3 Å². The Morgan fingerprint density at radius 1 is 1.32 bits per heavy atom. The molecule has 0 fully saturated rings. The van der Waals surface area contributed by atoms with Crippen molar-refractivity contribution in [1.82, 2.24) is 5.32 Å². The first-order chi connectivity index (χ1) is 9.16. The number of amides is 1. The SMILES string of the molecule is Cc1ccsc1CNC(=O)CC(O)c1ccccc1. The fraction of sp³-hybridized carbons (Fsp3) is 0.267. The van der Waals surface area contributed by atoms with Gasteiger partial charge in [-0.1, -0.05) is 30.3 Å². The van der Waals surface area contributed by atoms with E-state index in [1.54, 1.807) is 11.3 Å². The van der Waals surface area contributed by atoms with Crippen molar-refractivity contribution in [3.8, 4) is 0 Å². The minimum absolute atomic E-state index is 0.0917. The van der Waals surface area contributed by atoms with Crippen LogP contribution >= 0.6 is 11.3 Å². The highest BCUT2D eigenvalue weighted by Crippen LogP contribution is 2.17. The molecule has 1 atom stereocenters. The second kappa shape index (κ2) is 6.50. The Hall–Kier alpha value is -1.65. The summed E-state index contributed by atoms with van der Waals surface area (Å²) in [5, 5.41) is 14.8. The molecule has 2 aromatic rings. The van der Waals surface area contributed by atoms with Crippen molar-refractivity contribution in [1.29, 1.82) is 0 Å². The molecule has 0 radical (unpaired) electrons. The summed E-state index contributed by atoms with van der Waals surface area (Å²) >= 11 is 1.63. The highest BCUT2D eigenvalue weighted by atomic mass is 32.1. The van der Waals surface area contributed by atoms with Gasteiger partial charge in [-0.3, -0.25) is 4.79 Å². The summed E-state index contributed by atoms with van der Waals surface area (Å²) in [5.41, 5.74) is 1.96. The lowest BCUT2D eigenvalue weighted by atomic mass is 10.1. The molecule has 0 bridgehead atoms. The molecule has 3 nitrogen and oxygen atoms in total. The number of aryl methyl sites for hydroxylation is 1.